The first-order valence-corrected chi connectivity index (χ1v) is 8.87. The normalized spacial score (nSPS) is 17.5. The summed E-state index contributed by atoms with van der Waals surface area (Å²) in [4.78, 5) is 22.8. The Morgan fingerprint density at radius 3 is 2.82 bits per heavy atom. The molecule has 2 aromatic carbocycles. The van der Waals surface area contributed by atoms with Gasteiger partial charge in [0.05, 0.1) is 18.1 Å². The molecule has 1 N–H and O–H groups in total. The summed E-state index contributed by atoms with van der Waals surface area (Å²) in [6, 6.07) is 11.4. The molecule has 7 heteroatoms. The summed E-state index contributed by atoms with van der Waals surface area (Å²) in [5, 5.41) is 13.9. The van der Waals surface area contributed by atoms with Crippen molar-refractivity contribution in [3.05, 3.63) is 69.8 Å². The van der Waals surface area contributed by atoms with Crippen molar-refractivity contribution >= 4 is 17.7 Å². The van der Waals surface area contributed by atoms with Crippen LogP contribution >= 0.6 is 0 Å². The molecule has 1 atom stereocenters. The smallest absolute Gasteiger partial charge is 0.270 e. The maximum absolute atomic E-state index is 12.5. The average Bonchev–Trinajstić information content (AvgIpc) is 2.65. The van der Waals surface area contributed by atoms with Gasteiger partial charge in [-0.25, -0.2) is 0 Å². The Labute approximate surface area is 163 Å². The van der Waals surface area contributed by atoms with Crippen molar-refractivity contribution < 1.29 is 19.2 Å². The van der Waals surface area contributed by atoms with Crippen LogP contribution in [0.15, 0.2) is 48.5 Å². The van der Waals surface area contributed by atoms with Crippen LogP contribution in [-0.4, -0.2) is 23.5 Å². The lowest BCUT2D eigenvalue weighted by atomic mass is 9.89. The number of carbonyl (C=O) groups is 1. The van der Waals surface area contributed by atoms with Crippen LogP contribution in [0.3, 0.4) is 0 Å². The fraction of sp³-hybridized carbons (Fsp3) is 0.286. The van der Waals surface area contributed by atoms with Crippen LogP contribution < -0.4 is 14.8 Å². The quantitative estimate of drug-likeness (QED) is 0.479. The summed E-state index contributed by atoms with van der Waals surface area (Å²) in [5.41, 5.74) is 1.01. The summed E-state index contributed by atoms with van der Waals surface area (Å²) >= 11 is 0. The Morgan fingerprint density at radius 1 is 1.32 bits per heavy atom. The number of ether oxygens (including phenoxy) is 2. The van der Waals surface area contributed by atoms with Crippen molar-refractivity contribution in [3.8, 4) is 11.5 Å². The largest absolute Gasteiger partial charge is 0.497 e. The van der Waals surface area contributed by atoms with Crippen LogP contribution in [0.5, 0.6) is 11.5 Å². The molecule has 1 amide bonds. The van der Waals surface area contributed by atoms with Gasteiger partial charge in [0.15, 0.2) is 0 Å². The SMILES string of the molecule is COc1ccc2c(c1)OC(C)(C)CC2NC(=O)/C=C/c1cccc([N+](=O)[O-])c1. The Kier molecular flexibility index (Phi) is 5.35. The van der Waals surface area contributed by atoms with E-state index < -0.39 is 10.5 Å². The van der Waals surface area contributed by atoms with E-state index in [0.717, 1.165) is 5.56 Å². The number of hydrogen-bond acceptors (Lipinski definition) is 5. The minimum Gasteiger partial charge on any atom is -0.497 e. The maximum Gasteiger partial charge on any atom is 0.270 e. The second-order valence-electron chi connectivity index (χ2n) is 7.22. The molecule has 1 aliphatic rings. The Hall–Kier alpha value is -3.35. The van der Waals surface area contributed by atoms with Crippen molar-refractivity contribution in [2.75, 3.05) is 7.11 Å². The number of amides is 1. The Morgan fingerprint density at radius 2 is 2.11 bits per heavy atom. The zero-order chi connectivity index (χ0) is 20.3. The van der Waals surface area contributed by atoms with Crippen LogP contribution in [0.2, 0.25) is 0 Å². The van der Waals surface area contributed by atoms with Gasteiger partial charge >= 0.3 is 0 Å². The molecule has 0 fully saturated rings. The van der Waals surface area contributed by atoms with E-state index in [1.807, 2.05) is 32.0 Å². The summed E-state index contributed by atoms with van der Waals surface area (Å²) < 4.78 is 11.3. The first-order chi connectivity index (χ1) is 13.3. The molecular weight excluding hydrogens is 360 g/mol. The third-order valence-corrected chi connectivity index (χ3v) is 4.50. The topological polar surface area (TPSA) is 90.7 Å². The summed E-state index contributed by atoms with van der Waals surface area (Å²) in [6.45, 7) is 3.93. The van der Waals surface area contributed by atoms with Gasteiger partial charge in [-0.05, 0) is 37.6 Å². The highest BCUT2D eigenvalue weighted by Gasteiger charge is 2.34. The maximum atomic E-state index is 12.5. The first kappa shape index (κ1) is 19.4. The van der Waals surface area contributed by atoms with E-state index in [4.69, 9.17) is 9.47 Å². The predicted octanol–water partition coefficient (Wildman–Crippen LogP) is 4.04. The van der Waals surface area contributed by atoms with Crippen LogP contribution in [0.1, 0.15) is 37.4 Å². The van der Waals surface area contributed by atoms with Gasteiger partial charge in [0.25, 0.3) is 5.69 Å². The summed E-state index contributed by atoms with van der Waals surface area (Å²) in [6.07, 6.45) is 3.55. The van der Waals surface area contributed by atoms with Crippen LogP contribution in [0.25, 0.3) is 6.08 Å². The van der Waals surface area contributed by atoms with Crippen molar-refractivity contribution in [2.45, 2.75) is 31.9 Å². The van der Waals surface area contributed by atoms with Crippen molar-refractivity contribution in [1.29, 1.82) is 0 Å². The molecule has 0 aliphatic carbocycles. The fourth-order valence-corrected chi connectivity index (χ4v) is 3.22. The minimum absolute atomic E-state index is 0.0170. The second-order valence-corrected chi connectivity index (χ2v) is 7.22. The van der Waals surface area contributed by atoms with Gasteiger partial charge in [-0.3, -0.25) is 14.9 Å². The lowest BCUT2D eigenvalue weighted by Gasteiger charge is -2.37. The highest BCUT2D eigenvalue weighted by molar-refractivity contribution is 5.92. The summed E-state index contributed by atoms with van der Waals surface area (Å²) in [5.74, 6) is 1.09. The highest BCUT2D eigenvalue weighted by atomic mass is 16.6. The van der Waals surface area contributed by atoms with E-state index in [1.54, 1.807) is 25.3 Å². The second kappa shape index (κ2) is 7.72. The van der Waals surface area contributed by atoms with E-state index in [9.17, 15) is 14.9 Å². The van der Waals surface area contributed by atoms with E-state index in [2.05, 4.69) is 5.32 Å². The van der Waals surface area contributed by atoms with E-state index in [-0.39, 0.29) is 17.6 Å². The molecule has 0 aromatic heterocycles. The first-order valence-electron chi connectivity index (χ1n) is 8.87. The molecule has 0 saturated heterocycles. The number of rotatable bonds is 5. The number of nitro benzene ring substituents is 1. The molecule has 146 valence electrons. The van der Waals surface area contributed by atoms with Gasteiger partial charge in [-0.1, -0.05) is 12.1 Å². The molecule has 3 rings (SSSR count). The van der Waals surface area contributed by atoms with Crippen LogP contribution in [0.4, 0.5) is 5.69 Å². The molecule has 0 saturated carbocycles. The Bertz CT molecular complexity index is 936. The standard InChI is InChI=1S/C21H22N2O5/c1-21(2)13-18(17-9-8-16(27-3)12-19(17)28-21)22-20(24)10-7-14-5-4-6-15(11-14)23(25)26/h4-12,18H,13H2,1-3H3,(H,22,24)/b10-7+. The number of nitrogens with one attached hydrogen (secondary N) is 1. The van der Waals surface area contributed by atoms with E-state index >= 15 is 0 Å². The predicted molar refractivity (Wildman–Crippen MR) is 105 cm³/mol. The molecule has 0 spiro atoms. The zero-order valence-electron chi connectivity index (χ0n) is 16.0. The molecule has 0 bridgehead atoms. The molecular formula is C21H22N2O5. The minimum atomic E-state index is -0.466. The van der Waals surface area contributed by atoms with Crippen molar-refractivity contribution in [3.63, 3.8) is 0 Å². The number of methoxy groups -OCH3 is 1. The van der Waals surface area contributed by atoms with Gasteiger partial charge < -0.3 is 14.8 Å². The van der Waals surface area contributed by atoms with Gasteiger partial charge in [0.2, 0.25) is 5.91 Å². The molecule has 0 radical (unpaired) electrons. The van der Waals surface area contributed by atoms with Crippen molar-refractivity contribution in [1.82, 2.24) is 5.32 Å². The molecule has 2 aromatic rings. The van der Waals surface area contributed by atoms with Crippen LogP contribution in [0, 0.1) is 10.1 Å². The third-order valence-electron chi connectivity index (χ3n) is 4.50. The summed E-state index contributed by atoms with van der Waals surface area (Å²) in [7, 11) is 1.59. The molecule has 28 heavy (non-hydrogen) atoms. The van der Waals surface area contributed by atoms with Crippen LogP contribution in [-0.2, 0) is 4.79 Å². The molecule has 1 aliphatic heterocycles. The lowest BCUT2D eigenvalue weighted by Crippen LogP contribution is -2.40. The van der Waals surface area contributed by atoms with Gasteiger partial charge in [0, 0.05) is 36.3 Å². The van der Waals surface area contributed by atoms with Gasteiger partial charge in [-0.2, -0.15) is 0 Å². The van der Waals surface area contributed by atoms with E-state index in [1.165, 1.54) is 18.2 Å². The number of nitrogens with zero attached hydrogens (tertiary/aromatic N) is 1. The van der Waals surface area contributed by atoms with Crippen molar-refractivity contribution in [2.24, 2.45) is 0 Å². The fourth-order valence-electron chi connectivity index (χ4n) is 3.22. The number of hydrogen-bond donors (Lipinski definition) is 1. The monoisotopic (exact) mass is 382 g/mol. The Balaban J connectivity index is 1.77. The number of fused-ring (bicyclic) bond motifs is 1. The lowest BCUT2D eigenvalue weighted by molar-refractivity contribution is -0.384. The average molecular weight is 382 g/mol. The third kappa shape index (κ3) is 4.49. The van der Waals surface area contributed by atoms with Gasteiger partial charge in [-0.15, -0.1) is 0 Å². The highest BCUT2D eigenvalue weighted by Crippen LogP contribution is 2.41. The number of benzene rings is 2. The number of non-ortho nitro benzene ring substituents is 1. The molecule has 1 unspecified atom stereocenters. The number of carbonyl (C=O) groups excluding carboxylic acids is 1. The molecule has 1 heterocycles. The zero-order valence-corrected chi connectivity index (χ0v) is 16.0. The van der Waals surface area contributed by atoms with E-state index in [0.29, 0.717) is 23.5 Å². The number of nitro groups is 1. The van der Waals surface area contributed by atoms with Gasteiger partial charge in [0.1, 0.15) is 17.1 Å². The molecule has 7 nitrogen and oxygen atoms in total.